The highest BCUT2D eigenvalue weighted by Gasteiger charge is 2.46. The molecule has 0 aromatic carbocycles. The van der Waals surface area contributed by atoms with E-state index in [-0.39, 0.29) is 25.9 Å². The number of hydrogen-bond acceptors (Lipinski definition) is 13. The van der Waals surface area contributed by atoms with Gasteiger partial charge in [0.1, 0.15) is 0 Å². The summed E-state index contributed by atoms with van der Waals surface area (Å²) in [4.78, 5) is 2.21. The molecule has 0 aliphatic rings. The minimum atomic E-state index is -3.82. The van der Waals surface area contributed by atoms with E-state index in [0.717, 1.165) is 19.3 Å². The Morgan fingerprint density at radius 3 is 1.06 bits per heavy atom. The summed E-state index contributed by atoms with van der Waals surface area (Å²) >= 11 is 0. The van der Waals surface area contributed by atoms with E-state index in [1.807, 2.05) is 0 Å². The van der Waals surface area contributed by atoms with Gasteiger partial charge >= 0.3 is 8.80 Å². The largest absolute Gasteiger partial charge is 0.501 e. The minimum Gasteiger partial charge on any atom is -0.394 e. The van der Waals surface area contributed by atoms with Gasteiger partial charge in [-0.15, -0.1) is 0 Å². The van der Waals surface area contributed by atoms with Gasteiger partial charge in [0.25, 0.3) is 0 Å². The Bertz CT molecular complexity index is 706. The molecule has 1 atom stereocenters. The van der Waals surface area contributed by atoms with Gasteiger partial charge in [-0.1, -0.05) is 103 Å². The van der Waals surface area contributed by atoms with Crippen LogP contribution in [0.4, 0.5) is 0 Å². The minimum absolute atomic E-state index is 0.267. The van der Waals surface area contributed by atoms with Gasteiger partial charge < -0.3 is 66.0 Å². The number of nitrogens with zero attached hydrogens (tertiary/aromatic N) is 1. The Labute approximate surface area is 299 Å². The van der Waals surface area contributed by atoms with Gasteiger partial charge in [-0.05, 0) is 33.4 Å². The van der Waals surface area contributed by atoms with E-state index >= 15 is 0 Å². The summed E-state index contributed by atoms with van der Waals surface area (Å²) in [6, 6.07) is 0.562. The molecule has 0 fully saturated rings. The molecule has 12 N–H and O–H groups in total. The SMILES string of the molecule is CCCCCCCCCCCCCCCCCC(CCC[Si](OCC(N)(CO)CO)(OCC(N)(CO)CO)OCC(N)(CO)CO)N(C)C. The Kier molecular flexibility index (Phi) is 28.1. The molecule has 0 radical (unpaired) electrons. The molecule has 0 amide bonds. The summed E-state index contributed by atoms with van der Waals surface area (Å²) in [5.41, 5.74) is 13.8. The van der Waals surface area contributed by atoms with Crippen molar-refractivity contribution < 1.29 is 43.9 Å². The fourth-order valence-corrected chi connectivity index (χ4v) is 8.33. The zero-order valence-corrected chi connectivity index (χ0v) is 32.5. The molecule has 49 heavy (non-hydrogen) atoms. The molecule has 0 heterocycles. The molecule has 0 aliphatic carbocycles. The molecule has 0 spiro atoms. The normalized spacial score (nSPS) is 13.9. The second kappa shape index (κ2) is 28.2. The smallest absolute Gasteiger partial charge is 0.394 e. The second-order valence-electron chi connectivity index (χ2n) is 14.8. The third-order valence-corrected chi connectivity index (χ3v) is 12.2. The lowest BCUT2D eigenvalue weighted by atomic mass is 10.0. The molecular formula is C35H78N4O9Si. The summed E-state index contributed by atoms with van der Waals surface area (Å²) < 4.78 is 18.5. The molecule has 1 unspecified atom stereocenters. The van der Waals surface area contributed by atoms with Crippen molar-refractivity contribution in [2.24, 2.45) is 17.2 Å². The van der Waals surface area contributed by atoms with Gasteiger partial charge in [0.15, 0.2) is 0 Å². The predicted octanol–water partition coefficient (Wildman–Crippen LogP) is 1.99. The Balaban J connectivity index is 5.14. The fourth-order valence-electron chi connectivity index (χ4n) is 5.49. The molecule has 0 aromatic rings. The highest BCUT2D eigenvalue weighted by Crippen LogP contribution is 2.26. The first-order chi connectivity index (χ1) is 23.4. The zero-order valence-electron chi connectivity index (χ0n) is 31.5. The molecule has 0 saturated heterocycles. The highest BCUT2D eigenvalue weighted by atomic mass is 28.4. The van der Waals surface area contributed by atoms with Gasteiger partial charge in [-0.2, -0.15) is 0 Å². The lowest BCUT2D eigenvalue weighted by molar-refractivity contribution is -0.0216. The van der Waals surface area contributed by atoms with Crippen LogP contribution in [0.15, 0.2) is 0 Å². The molecule has 0 aliphatic heterocycles. The summed E-state index contributed by atoms with van der Waals surface area (Å²) in [6.07, 6.45) is 22.3. The van der Waals surface area contributed by atoms with Crippen LogP contribution in [0.3, 0.4) is 0 Å². The maximum Gasteiger partial charge on any atom is 0.501 e. The van der Waals surface area contributed by atoms with Crippen molar-refractivity contribution in [3.63, 3.8) is 0 Å². The van der Waals surface area contributed by atoms with E-state index in [1.54, 1.807) is 0 Å². The average Bonchev–Trinajstić information content (AvgIpc) is 3.12. The first kappa shape index (κ1) is 48.7. The Hall–Kier alpha value is -0.303. The van der Waals surface area contributed by atoms with E-state index < -0.39 is 65.1 Å². The van der Waals surface area contributed by atoms with Crippen molar-refractivity contribution in [3.8, 4) is 0 Å². The van der Waals surface area contributed by atoms with Crippen LogP contribution < -0.4 is 17.2 Å². The van der Waals surface area contributed by atoms with Crippen LogP contribution >= 0.6 is 0 Å². The number of hydrogen-bond donors (Lipinski definition) is 9. The Morgan fingerprint density at radius 1 is 0.490 bits per heavy atom. The number of nitrogens with two attached hydrogens (primary N) is 3. The van der Waals surface area contributed by atoms with Crippen molar-refractivity contribution in [2.45, 2.75) is 151 Å². The first-order valence-corrected chi connectivity index (χ1v) is 20.9. The van der Waals surface area contributed by atoms with E-state index in [9.17, 15) is 30.6 Å². The molecular weight excluding hydrogens is 648 g/mol. The molecule has 0 saturated carbocycles. The second-order valence-corrected chi connectivity index (χ2v) is 17.6. The molecule has 13 nitrogen and oxygen atoms in total. The van der Waals surface area contributed by atoms with E-state index in [4.69, 9.17) is 30.5 Å². The number of aliphatic hydroxyl groups excluding tert-OH is 6. The van der Waals surface area contributed by atoms with Crippen molar-refractivity contribution in [3.05, 3.63) is 0 Å². The van der Waals surface area contributed by atoms with Crippen LogP contribution in [-0.2, 0) is 13.3 Å². The standard InChI is InChI=1S/C35H78N4O9Si/c1-4-5-6-7-8-9-10-11-12-13-14-15-16-17-18-20-32(39(2)3)21-19-22-49(46-29-33(36,23-40)24-41,47-30-34(37,25-42)26-43)48-31-35(38,27-44)28-45/h32,40-45H,4-31,36-38H2,1-3H3. The van der Waals surface area contributed by atoms with Gasteiger partial charge in [0, 0.05) is 12.1 Å². The topological polar surface area (TPSA) is 230 Å². The predicted molar refractivity (Wildman–Crippen MR) is 198 cm³/mol. The highest BCUT2D eigenvalue weighted by molar-refractivity contribution is 6.60. The van der Waals surface area contributed by atoms with E-state index in [0.29, 0.717) is 12.5 Å². The fraction of sp³-hybridized carbons (Fsp3) is 1.00. The van der Waals surface area contributed by atoms with Crippen LogP contribution in [0, 0.1) is 0 Å². The molecule has 0 aromatic heterocycles. The number of unbranched alkanes of at least 4 members (excludes halogenated alkanes) is 14. The van der Waals surface area contributed by atoms with Gasteiger partial charge in [-0.25, -0.2) is 0 Å². The van der Waals surface area contributed by atoms with Gasteiger partial charge in [0.2, 0.25) is 0 Å². The van der Waals surface area contributed by atoms with Gasteiger partial charge in [0.05, 0.1) is 76.1 Å². The molecule has 0 bridgehead atoms. The third kappa shape index (κ3) is 22.4. The molecule has 296 valence electrons. The van der Waals surface area contributed by atoms with Crippen molar-refractivity contribution in [1.82, 2.24) is 4.90 Å². The van der Waals surface area contributed by atoms with Crippen molar-refractivity contribution >= 4 is 8.80 Å². The molecule has 0 rings (SSSR count). The monoisotopic (exact) mass is 727 g/mol. The number of aliphatic hydroxyl groups is 6. The zero-order chi connectivity index (χ0) is 37.1. The van der Waals surface area contributed by atoms with Gasteiger partial charge in [-0.3, -0.25) is 0 Å². The first-order valence-electron chi connectivity index (χ1n) is 19.0. The summed E-state index contributed by atoms with van der Waals surface area (Å²) in [5, 5.41) is 58.7. The lowest BCUT2D eigenvalue weighted by Crippen LogP contribution is -2.61. The maximum absolute atomic E-state index is 9.78. The Morgan fingerprint density at radius 2 is 0.776 bits per heavy atom. The summed E-state index contributed by atoms with van der Waals surface area (Å²) in [5.74, 6) is 0. The van der Waals surface area contributed by atoms with Crippen LogP contribution in [0.2, 0.25) is 6.04 Å². The van der Waals surface area contributed by atoms with Crippen LogP contribution in [-0.4, -0.2) is 141 Å². The van der Waals surface area contributed by atoms with Crippen LogP contribution in [0.5, 0.6) is 0 Å². The van der Waals surface area contributed by atoms with Crippen LogP contribution in [0.1, 0.15) is 122 Å². The average molecular weight is 727 g/mol. The maximum atomic E-state index is 9.78. The summed E-state index contributed by atoms with van der Waals surface area (Å²) in [6.45, 7) is -2.14. The lowest BCUT2D eigenvalue weighted by Gasteiger charge is -2.38. The summed E-state index contributed by atoms with van der Waals surface area (Å²) in [7, 11) is 0.298. The van der Waals surface area contributed by atoms with Crippen molar-refractivity contribution in [1.29, 1.82) is 0 Å². The quantitative estimate of drug-likeness (QED) is 0.0333. The van der Waals surface area contributed by atoms with Crippen molar-refractivity contribution in [2.75, 3.05) is 73.6 Å². The van der Waals surface area contributed by atoms with E-state index in [1.165, 1.54) is 89.9 Å². The number of rotatable bonds is 36. The third-order valence-electron chi connectivity index (χ3n) is 9.52. The van der Waals surface area contributed by atoms with Crippen LogP contribution in [0.25, 0.3) is 0 Å². The molecule has 14 heteroatoms. The van der Waals surface area contributed by atoms with E-state index in [2.05, 4.69) is 25.9 Å².